The third-order valence-corrected chi connectivity index (χ3v) is 4.96. The lowest BCUT2D eigenvalue weighted by Gasteiger charge is -2.10. The summed E-state index contributed by atoms with van der Waals surface area (Å²) in [6.07, 6.45) is 1.73. The molecule has 0 aliphatic heterocycles. The Bertz CT molecular complexity index is 597. The van der Waals surface area contributed by atoms with E-state index in [2.05, 4.69) is 28.1 Å². The molecule has 104 valence electrons. The molecule has 1 fully saturated rings. The number of hydrogen-bond acceptors (Lipinski definition) is 0. The van der Waals surface area contributed by atoms with Crippen LogP contribution < -0.4 is 0 Å². The molecule has 2 aromatic carbocycles. The maximum Gasteiger partial charge on any atom is 0.129 e. The van der Waals surface area contributed by atoms with Gasteiger partial charge in [0, 0.05) is 10.9 Å². The molecule has 0 nitrogen and oxygen atoms in total. The second-order valence-corrected chi connectivity index (χ2v) is 6.55. The van der Waals surface area contributed by atoms with Crippen molar-refractivity contribution in [2.24, 2.45) is 5.92 Å². The normalized spacial score (nSPS) is 22.6. The van der Waals surface area contributed by atoms with Crippen molar-refractivity contribution in [2.45, 2.75) is 23.6 Å². The van der Waals surface area contributed by atoms with Crippen LogP contribution in [-0.2, 0) is 6.42 Å². The molecule has 3 atom stereocenters. The van der Waals surface area contributed by atoms with Gasteiger partial charge in [-0.05, 0) is 41.9 Å². The first-order valence-corrected chi connectivity index (χ1v) is 7.69. The van der Waals surface area contributed by atoms with Crippen LogP contribution in [0.25, 0.3) is 0 Å². The van der Waals surface area contributed by atoms with E-state index in [1.165, 1.54) is 11.6 Å². The Labute approximate surface area is 126 Å². The second kappa shape index (κ2) is 5.65. The van der Waals surface area contributed by atoms with Crippen LogP contribution in [-0.4, -0.2) is 4.83 Å². The first-order valence-electron chi connectivity index (χ1n) is 6.78. The van der Waals surface area contributed by atoms with Gasteiger partial charge in [0.25, 0.3) is 0 Å². The lowest BCUT2D eigenvalue weighted by atomic mass is 10.0. The molecule has 2 aromatic rings. The molecule has 3 rings (SSSR count). The molecule has 3 unspecified atom stereocenters. The molecule has 3 heteroatoms. The third kappa shape index (κ3) is 2.93. The fraction of sp³-hybridized carbons (Fsp3) is 0.294. The summed E-state index contributed by atoms with van der Waals surface area (Å²) in [5.74, 6) is 0.114. The summed E-state index contributed by atoms with van der Waals surface area (Å²) >= 11 is 3.67. The molecule has 20 heavy (non-hydrogen) atoms. The van der Waals surface area contributed by atoms with Gasteiger partial charge in [-0.25, -0.2) is 8.78 Å². The number of hydrogen-bond donors (Lipinski definition) is 0. The van der Waals surface area contributed by atoms with Gasteiger partial charge in [0.05, 0.1) is 0 Å². The molecule has 1 aliphatic carbocycles. The van der Waals surface area contributed by atoms with Gasteiger partial charge < -0.3 is 0 Å². The smallest absolute Gasteiger partial charge is 0.129 e. The van der Waals surface area contributed by atoms with Gasteiger partial charge in [0.15, 0.2) is 0 Å². The molecule has 0 aromatic heterocycles. The van der Waals surface area contributed by atoms with Crippen molar-refractivity contribution in [1.82, 2.24) is 0 Å². The zero-order chi connectivity index (χ0) is 14.1. The Morgan fingerprint density at radius 2 is 1.85 bits per heavy atom. The fourth-order valence-electron chi connectivity index (χ4n) is 2.75. The highest BCUT2D eigenvalue weighted by Crippen LogP contribution is 2.52. The summed E-state index contributed by atoms with van der Waals surface area (Å²) in [4.78, 5) is 0.229. The van der Waals surface area contributed by atoms with Crippen LogP contribution in [0.1, 0.15) is 23.5 Å². The predicted molar refractivity (Wildman–Crippen MR) is 80.1 cm³/mol. The molecule has 0 spiro atoms. The molecule has 1 saturated carbocycles. The highest BCUT2D eigenvalue weighted by Gasteiger charge is 2.42. The Kier molecular flexibility index (Phi) is 3.88. The lowest BCUT2D eigenvalue weighted by Crippen LogP contribution is -2.08. The molecule has 1 aliphatic rings. The number of halogens is 3. The van der Waals surface area contributed by atoms with Crippen LogP contribution >= 0.6 is 15.9 Å². The van der Waals surface area contributed by atoms with Gasteiger partial charge in [0.2, 0.25) is 0 Å². The van der Waals surface area contributed by atoms with Crippen LogP contribution in [0, 0.1) is 17.6 Å². The standard InChI is InChI=1S/C17H15BrF2/c18-16(8-12-6-7-13(19)9-17(12)20)15-10-14(15)11-4-2-1-3-5-11/h1-7,9,14-16H,8,10H2. The van der Waals surface area contributed by atoms with Crippen molar-refractivity contribution >= 4 is 15.9 Å². The molecular weight excluding hydrogens is 322 g/mol. The van der Waals surface area contributed by atoms with E-state index in [-0.39, 0.29) is 4.83 Å². The minimum Gasteiger partial charge on any atom is -0.207 e. The van der Waals surface area contributed by atoms with Crippen molar-refractivity contribution < 1.29 is 8.78 Å². The van der Waals surface area contributed by atoms with E-state index in [1.807, 2.05) is 18.2 Å². The molecule has 0 saturated heterocycles. The lowest BCUT2D eigenvalue weighted by molar-refractivity contribution is 0.567. The summed E-state index contributed by atoms with van der Waals surface area (Å²) in [5.41, 5.74) is 1.92. The second-order valence-electron chi connectivity index (χ2n) is 5.37. The average Bonchev–Trinajstić information content (AvgIpc) is 3.23. The summed E-state index contributed by atoms with van der Waals surface area (Å²) in [6.45, 7) is 0. The first kappa shape index (κ1) is 13.7. The summed E-state index contributed by atoms with van der Waals surface area (Å²) in [5, 5.41) is 0. The Morgan fingerprint density at radius 3 is 2.55 bits per heavy atom. The van der Waals surface area contributed by atoms with Crippen molar-refractivity contribution in [3.63, 3.8) is 0 Å². The largest absolute Gasteiger partial charge is 0.207 e. The van der Waals surface area contributed by atoms with Gasteiger partial charge in [-0.15, -0.1) is 0 Å². The van der Waals surface area contributed by atoms with Crippen LogP contribution in [0.3, 0.4) is 0 Å². The molecule has 0 N–H and O–H groups in total. The highest BCUT2D eigenvalue weighted by molar-refractivity contribution is 9.09. The minimum atomic E-state index is -0.522. The van der Waals surface area contributed by atoms with Gasteiger partial charge in [-0.2, -0.15) is 0 Å². The molecular formula is C17H15BrF2. The van der Waals surface area contributed by atoms with E-state index >= 15 is 0 Å². The minimum absolute atomic E-state index is 0.229. The van der Waals surface area contributed by atoms with Gasteiger partial charge in [-0.1, -0.05) is 52.3 Å². The maximum atomic E-state index is 13.7. The van der Waals surface area contributed by atoms with Crippen LogP contribution in [0.5, 0.6) is 0 Å². The van der Waals surface area contributed by atoms with Crippen molar-refractivity contribution in [3.05, 3.63) is 71.3 Å². The van der Waals surface area contributed by atoms with Crippen molar-refractivity contribution in [3.8, 4) is 0 Å². The van der Waals surface area contributed by atoms with Gasteiger partial charge >= 0.3 is 0 Å². The monoisotopic (exact) mass is 336 g/mol. The SMILES string of the molecule is Fc1ccc(CC(Br)C2CC2c2ccccc2)c(F)c1. The van der Waals surface area contributed by atoms with E-state index in [0.717, 1.165) is 12.5 Å². The molecule has 0 radical (unpaired) electrons. The quantitative estimate of drug-likeness (QED) is 0.683. The zero-order valence-electron chi connectivity index (χ0n) is 10.9. The Hall–Kier alpha value is -1.22. The Morgan fingerprint density at radius 1 is 1.10 bits per heavy atom. The van der Waals surface area contributed by atoms with Crippen molar-refractivity contribution in [1.29, 1.82) is 0 Å². The number of alkyl halides is 1. The fourth-order valence-corrected chi connectivity index (χ4v) is 3.68. The van der Waals surface area contributed by atoms with Crippen molar-refractivity contribution in [2.75, 3.05) is 0 Å². The number of benzene rings is 2. The number of rotatable bonds is 4. The van der Waals surface area contributed by atoms with E-state index in [1.54, 1.807) is 6.07 Å². The third-order valence-electron chi connectivity index (χ3n) is 3.96. The summed E-state index contributed by atoms with van der Waals surface area (Å²) in [6, 6.07) is 14.2. The average molecular weight is 337 g/mol. The highest BCUT2D eigenvalue weighted by atomic mass is 79.9. The van der Waals surface area contributed by atoms with Crippen LogP contribution in [0.4, 0.5) is 8.78 Å². The first-order chi connectivity index (χ1) is 9.65. The summed E-state index contributed by atoms with van der Waals surface area (Å²) < 4.78 is 26.5. The molecule has 0 bridgehead atoms. The zero-order valence-corrected chi connectivity index (χ0v) is 12.5. The van der Waals surface area contributed by atoms with Crippen LogP contribution in [0.2, 0.25) is 0 Å². The predicted octanol–water partition coefficient (Wildman–Crippen LogP) is 5.07. The van der Waals surface area contributed by atoms with E-state index in [0.29, 0.717) is 23.8 Å². The van der Waals surface area contributed by atoms with Crippen LogP contribution in [0.15, 0.2) is 48.5 Å². The van der Waals surface area contributed by atoms with E-state index in [4.69, 9.17) is 0 Å². The van der Waals surface area contributed by atoms with Gasteiger partial charge in [0.1, 0.15) is 11.6 Å². The molecule has 0 heterocycles. The van der Waals surface area contributed by atoms with E-state index in [9.17, 15) is 8.78 Å². The Balaban J connectivity index is 1.65. The maximum absolute atomic E-state index is 13.7. The topological polar surface area (TPSA) is 0 Å². The van der Waals surface area contributed by atoms with Gasteiger partial charge in [-0.3, -0.25) is 0 Å². The summed E-state index contributed by atoms with van der Waals surface area (Å²) in [7, 11) is 0. The van der Waals surface area contributed by atoms with E-state index < -0.39 is 11.6 Å². The molecule has 0 amide bonds.